The SMILES string of the molecule is O=C(O)/C=C(/C(=O)O)n1ccc2c1-c1ccccc1C2. The van der Waals surface area contributed by atoms with Crippen molar-refractivity contribution in [2.45, 2.75) is 6.42 Å². The lowest BCUT2D eigenvalue weighted by atomic mass is 10.1. The lowest BCUT2D eigenvalue weighted by Gasteiger charge is -2.09. The molecule has 0 spiro atoms. The smallest absolute Gasteiger partial charge is 0.353 e. The molecule has 2 N–H and O–H groups in total. The molecule has 5 heteroatoms. The van der Waals surface area contributed by atoms with Crippen LogP contribution in [-0.2, 0) is 16.0 Å². The number of aliphatic carboxylic acids is 2. The predicted molar refractivity (Wildman–Crippen MR) is 72.2 cm³/mol. The van der Waals surface area contributed by atoms with Crippen LogP contribution in [0.15, 0.2) is 42.6 Å². The molecule has 1 aliphatic carbocycles. The first kappa shape index (κ1) is 12.2. The molecule has 1 aromatic carbocycles. The van der Waals surface area contributed by atoms with Crippen molar-refractivity contribution in [3.8, 4) is 11.3 Å². The van der Waals surface area contributed by atoms with Crippen LogP contribution in [0.5, 0.6) is 0 Å². The summed E-state index contributed by atoms with van der Waals surface area (Å²) in [5.41, 5.74) is 3.56. The lowest BCUT2D eigenvalue weighted by Crippen LogP contribution is -2.10. The van der Waals surface area contributed by atoms with Crippen molar-refractivity contribution in [2.24, 2.45) is 0 Å². The maximum Gasteiger partial charge on any atom is 0.353 e. The molecule has 1 aromatic heterocycles. The molecule has 3 rings (SSSR count). The van der Waals surface area contributed by atoms with Crippen LogP contribution >= 0.6 is 0 Å². The summed E-state index contributed by atoms with van der Waals surface area (Å²) in [7, 11) is 0. The predicted octanol–water partition coefficient (Wildman–Crippen LogP) is 2.07. The van der Waals surface area contributed by atoms with Crippen molar-refractivity contribution in [3.63, 3.8) is 0 Å². The van der Waals surface area contributed by atoms with Gasteiger partial charge in [-0.1, -0.05) is 24.3 Å². The first-order chi connectivity index (χ1) is 9.58. The summed E-state index contributed by atoms with van der Waals surface area (Å²) in [5.74, 6) is -2.55. The molecular weight excluding hydrogens is 258 g/mol. The molecular formula is C15H11NO4. The van der Waals surface area contributed by atoms with Crippen molar-refractivity contribution >= 4 is 17.6 Å². The summed E-state index contributed by atoms with van der Waals surface area (Å²) in [4.78, 5) is 22.1. The van der Waals surface area contributed by atoms with Crippen LogP contribution < -0.4 is 0 Å². The summed E-state index contributed by atoms with van der Waals surface area (Å²) >= 11 is 0. The molecule has 1 heterocycles. The number of fused-ring (bicyclic) bond motifs is 3. The van der Waals surface area contributed by atoms with Gasteiger partial charge in [-0.05, 0) is 17.2 Å². The van der Waals surface area contributed by atoms with Crippen LogP contribution in [0.4, 0.5) is 0 Å². The maximum atomic E-state index is 11.3. The number of carboxylic acids is 2. The second-order valence-corrected chi connectivity index (χ2v) is 4.57. The third-order valence-corrected chi connectivity index (χ3v) is 3.36. The topological polar surface area (TPSA) is 79.5 Å². The quantitative estimate of drug-likeness (QED) is 0.713. The Morgan fingerprint density at radius 3 is 2.55 bits per heavy atom. The Balaban J connectivity index is 2.21. The first-order valence-corrected chi connectivity index (χ1v) is 6.04. The molecule has 2 aromatic rings. The third-order valence-electron chi connectivity index (χ3n) is 3.36. The van der Waals surface area contributed by atoms with E-state index < -0.39 is 11.9 Å². The van der Waals surface area contributed by atoms with Gasteiger partial charge >= 0.3 is 11.9 Å². The summed E-state index contributed by atoms with van der Waals surface area (Å²) in [6, 6.07) is 9.54. The van der Waals surface area contributed by atoms with E-state index in [4.69, 9.17) is 5.11 Å². The van der Waals surface area contributed by atoms with Gasteiger partial charge < -0.3 is 14.8 Å². The van der Waals surface area contributed by atoms with Gasteiger partial charge in [0.2, 0.25) is 0 Å². The molecule has 0 aliphatic heterocycles. The van der Waals surface area contributed by atoms with Crippen LogP contribution in [0.3, 0.4) is 0 Å². The van der Waals surface area contributed by atoms with Gasteiger partial charge in [0.1, 0.15) is 5.70 Å². The Labute approximate surface area is 114 Å². The minimum atomic E-state index is -1.28. The van der Waals surface area contributed by atoms with Crippen molar-refractivity contribution in [2.75, 3.05) is 0 Å². The normalized spacial score (nSPS) is 12.9. The fraction of sp³-hybridized carbons (Fsp3) is 0.0667. The van der Waals surface area contributed by atoms with E-state index in [0.29, 0.717) is 6.08 Å². The van der Waals surface area contributed by atoms with E-state index in [-0.39, 0.29) is 5.70 Å². The van der Waals surface area contributed by atoms with E-state index in [1.165, 1.54) is 4.57 Å². The number of hydrogen-bond donors (Lipinski definition) is 2. The van der Waals surface area contributed by atoms with Gasteiger partial charge in [0.05, 0.1) is 11.8 Å². The van der Waals surface area contributed by atoms with Crippen LogP contribution in [-0.4, -0.2) is 26.7 Å². The van der Waals surface area contributed by atoms with Gasteiger partial charge in [-0.25, -0.2) is 9.59 Å². The molecule has 0 bridgehead atoms. The highest BCUT2D eigenvalue weighted by Crippen LogP contribution is 2.38. The number of aromatic nitrogens is 1. The fourth-order valence-corrected chi connectivity index (χ4v) is 2.58. The Bertz CT molecular complexity index is 755. The highest BCUT2D eigenvalue weighted by Gasteiger charge is 2.25. The lowest BCUT2D eigenvalue weighted by molar-refractivity contribution is -0.133. The van der Waals surface area contributed by atoms with E-state index in [0.717, 1.165) is 28.8 Å². The van der Waals surface area contributed by atoms with Crippen molar-refractivity contribution in [1.29, 1.82) is 0 Å². The van der Waals surface area contributed by atoms with E-state index in [2.05, 4.69) is 0 Å². The second-order valence-electron chi connectivity index (χ2n) is 4.57. The Morgan fingerprint density at radius 1 is 1.10 bits per heavy atom. The van der Waals surface area contributed by atoms with Gasteiger partial charge in [-0.2, -0.15) is 0 Å². The number of carbonyl (C=O) groups is 2. The van der Waals surface area contributed by atoms with E-state index in [9.17, 15) is 14.7 Å². The second kappa shape index (κ2) is 4.38. The third kappa shape index (κ3) is 1.80. The van der Waals surface area contributed by atoms with Crippen LogP contribution in [0.25, 0.3) is 17.0 Å². The molecule has 0 unspecified atom stereocenters. The summed E-state index contributed by atoms with van der Waals surface area (Å²) < 4.78 is 1.43. The van der Waals surface area contributed by atoms with Crippen LogP contribution in [0, 0.1) is 0 Å². The highest BCUT2D eigenvalue weighted by molar-refractivity contribution is 6.14. The molecule has 0 saturated carbocycles. The summed E-state index contributed by atoms with van der Waals surface area (Å²) in [6.07, 6.45) is 3.05. The Kier molecular flexibility index (Phi) is 2.68. The summed E-state index contributed by atoms with van der Waals surface area (Å²) in [5, 5.41) is 18.0. The molecule has 100 valence electrons. The number of rotatable bonds is 3. The molecule has 20 heavy (non-hydrogen) atoms. The van der Waals surface area contributed by atoms with Gasteiger partial charge in [0.15, 0.2) is 0 Å². The Morgan fingerprint density at radius 2 is 1.85 bits per heavy atom. The zero-order chi connectivity index (χ0) is 14.3. The average Bonchev–Trinajstić information content (AvgIpc) is 2.94. The molecule has 5 nitrogen and oxygen atoms in total. The fourth-order valence-electron chi connectivity index (χ4n) is 2.58. The monoisotopic (exact) mass is 269 g/mol. The first-order valence-electron chi connectivity index (χ1n) is 6.04. The van der Waals surface area contributed by atoms with E-state index in [1.54, 1.807) is 6.20 Å². The maximum absolute atomic E-state index is 11.3. The Hall–Kier alpha value is -2.82. The van der Waals surface area contributed by atoms with Crippen molar-refractivity contribution in [3.05, 3.63) is 53.7 Å². The van der Waals surface area contributed by atoms with Gasteiger partial charge in [-0.3, -0.25) is 0 Å². The molecule has 0 atom stereocenters. The van der Waals surface area contributed by atoms with E-state index >= 15 is 0 Å². The molecule has 0 saturated heterocycles. The van der Waals surface area contributed by atoms with Gasteiger partial charge in [0, 0.05) is 18.2 Å². The highest BCUT2D eigenvalue weighted by atomic mass is 16.4. The largest absolute Gasteiger partial charge is 0.478 e. The van der Waals surface area contributed by atoms with Crippen LogP contribution in [0.2, 0.25) is 0 Å². The van der Waals surface area contributed by atoms with Gasteiger partial charge in [0.25, 0.3) is 0 Å². The minimum absolute atomic E-state index is 0.268. The standard InChI is InChI=1S/C15H11NO4/c17-13(18)8-12(15(19)20)16-6-5-10-7-9-3-1-2-4-11(9)14(10)16/h1-6,8H,7H2,(H,17,18)(H,19,20)/b12-8-. The summed E-state index contributed by atoms with van der Waals surface area (Å²) in [6.45, 7) is 0. The number of hydrogen-bond acceptors (Lipinski definition) is 2. The number of nitrogens with zero attached hydrogens (tertiary/aromatic N) is 1. The minimum Gasteiger partial charge on any atom is -0.478 e. The number of carboxylic acid groups (broad SMARTS) is 2. The van der Waals surface area contributed by atoms with E-state index in [1.807, 2.05) is 30.3 Å². The van der Waals surface area contributed by atoms with Gasteiger partial charge in [-0.15, -0.1) is 0 Å². The van der Waals surface area contributed by atoms with Crippen molar-refractivity contribution < 1.29 is 19.8 Å². The zero-order valence-electron chi connectivity index (χ0n) is 10.4. The van der Waals surface area contributed by atoms with Crippen LogP contribution in [0.1, 0.15) is 11.1 Å². The average molecular weight is 269 g/mol. The molecule has 0 fully saturated rings. The molecule has 0 amide bonds. The zero-order valence-corrected chi connectivity index (χ0v) is 10.4. The van der Waals surface area contributed by atoms with Crippen molar-refractivity contribution in [1.82, 2.24) is 4.57 Å². The molecule has 0 radical (unpaired) electrons. The molecule has 1 aliphatic rings. The number of benzene rings is 1.